The molecule has 0 spiro atoms. The van der Waals surface area contributed by atoms with Gasteiger partial charge in [0.15, 0.2) is 0 Å². The Labute approximate surface area is 82.1 Å². The highest BCUT2D eigenvalue weighted by atomic mass is 16.3. The Morgan fingerprint density at radius 1 is 1.38 bits per heavy atom. The van der Waals surface area contributed by atoms with Crippen LogP contribution in [0.2, 0.25) is 0 Å². The Morgan fingerprint density at radius 3 is 2.46 bits per heavy atom. The fourth-order valence-electron chi connectivity index (χ4n) is 1.39. The second-order valence-corrected chi connectivity index (χ2v) is 4.26. The first-order valence-electron chi connectivity index (χ1n) is 5.07. The SMILES string of the molecule is CCNCCCN(C)CC(C)(C)O. The van der Waals surface area contributed by atoms with Crippen LogP contribution in [0.3, 0.4) is 0 Å². The third-order valence-electron chi connectivity index (χ3n) is 1.80. The third kappa shape index (κ3) is 9.80. The van der Waals surface area contributed by atoms with Gasteiger partial charge in [0.25, 0.3) is 0 Å². The lowest BCUT2D eigenvalue weighted by atomic mass is 10.1. The Hall–Kier alpha value is -0.120. The van der Waals surface area contributed by atoms with Gasteiger partial charge in [0, 0.05) is 6.54 Å². The molecule has 0 aliphatic carbocycles. The summed E-state index contributed by atoms with van der Waals surface area (Å²) in [5.41, 5.74) is -0.576. The van der Waals surface area contributed by atoms with Crippen LogP contribution < -0.4 is 5.32 Å². The molecule has 0 unspecified atom stereocenters. The van der Waals surface area contributed by atoms with Crippen molar-refractivity contribution in [3.05, 3.63) is 0 Å². The fraction of sp³-hybridized carbons (Fsp3) is 1.00. The summed E-state index contributed by atoms with van der Waals surface area (Å²) in [4.78, 5) is 2.16. The molecule has 0 amide bonds. The normalized spacial score (nSPS) is 12.5. The third-order valence-corrected chi connectivity index (χ3v) is 1.80. The zero-order valence-electron chi connectivity index (χ0n) is 9.43. The van der Waals surface area contributed by atoms with E-state index < -0.39 is 5.60 Å². The first kappa shape index (κ1) is 12.9. The summed E-state index contributed by atoms with van der Waals surface area (Å²) < 4.78 is 0. The number of hydrogen-bond donors (Lipinski definition) is 2. The van der Waals surface area contributed by atoms with E-state index in [0.717, 1.165) is 32.6 Å². The highest BCUT2D eigenvalue weighted by molar-refractivity contribution is 4.69. The standard InChI is InChI=1S/C10H24N2O/c1-5-11-7-6-8-12(4)9-10(2,3)13/h11,13H,5-9H2,1-4H3. The molecule has 0 rings (SSSR count). The monoisotopic (exact) mass is 188 g/mol. The molecule has 0 aliphatic heterocycles. The average Bonchev–Trinajstić information content (AvgIpc) is 1.94. The highest BCUT2D eigenvalue weighted by Crippen LogP contribution is 2.02. The van der Waals surface area contributed by atoms with Gasteiger partial charge in [-0.1, -0.05) is 6.92 Å². The van der Waals surface area contributed by atoms with Crippen molar-refractivity contribution in [1.29, 1.82) is 0 Å². The van der Waals surface area contributed by atoms with E-state index in [0.29, 0.717) is 0 Å². The maximum absolute atomic E-state index is 9.53. The van der Waals surface area contributed by atoms with Gasteiger partial charge in [-0.2, -0.15) is 0 Å². The molecule has 0 radical (unpaired) electrons. The van der Waals surface area contributed by atoms with Crippen LogP contribution in [0.4, 0.5) is 0 Å². The molecule has 13 heavy (non-hydrogen) atoms. The predicted molar refractivity (Wildman–Crippen MR) is 57.0 cm³/mol. The van der Waals surface area contributed by atoms with E-state index in [2.05, 4.69) is 17.1 Å². The molecule has 0 aromatic heterocycles. The van der Waals surface area contributed by atoms with Gasteiger partial charge >= 0.3 is 0 Å². The van der Waals surface area contributed by atoms with Crippen molar-refractivity contribution >= 4 is 0 Å². The number of hydrogen-bond acceptors (Lipinski definition) is 3. The van der Waals surface area contributed by atoms with Crippen LogP contribution >= 0.6 is 0 Å². The molecule has 0 heterocycles. The van der Waals surface area contributed by atoms with E-state index in [1.165, 1.54) is 0 Å². The van der Waals surface area contributed by atoms with E-state index in [-0.39, 0.29) is 0 Å². The first-order chi connectivity index (χ1) is 5.95. The van der Waals surface area contributed by atoms with Gasteiger partial charge in [-0.25, -0.2) is 0 Å². The summed E-state index contributed by atoms with van der Waals surface area (Å²) in [5.74, 6) is 0. The number of nitrogens with one attached hydrogen (secondary N) is 1. The second kappa shape index (κ2) is 6.35. The molecule has 0 atom stereocenters. The molecule has 3 heteroatoms. The summed E-state index contributed by atoms with van der Waals surface area (Å²) >= 11 is 0. The molecule has 0 aromatic rings. The molecular formula is C10H24N2O. The zero-order chi connectivity index (χ0) is 10.3. The Kier molecular flexibility index (Phi) is 6.29. The van der Waals surface area contributed by atoms with Crippen LogP contribution in [-0.2, 0) is 0 Å². The lowest BCUT2D eigenvalue weighted by molar-refractivity contribution is 0.0444. The van der Waals surface area contributed by atoms with E-state index >= 15 is 0 Å². The van der Waals surface area contributed by atoms with Crippen molar-refractivity contribution in [3.8, 4) is 0 Å². The molecule has 0 aliphatic rings. The quantitative estimate of drug-likeness (QED) is 0.577. The van der Waals surface area contributed by atoms with Crippen LogP contribution in [0.5, 0.6) is 0 Å². The predicted octanol–water partition coefficient (Wildman–Crippen LogP) is 0.689. The molecule has 0 bridgehead atoms. The molecule has 0 saturated heterocycles. The maximum atomic E-state index is 9.53. The Bertz CT molecular complexity index is 121. The minimum absolute atomic E-state index is 0.576. The molecular weight excluding hydrogens is 164 g/mol. The zero-order valence-corrected chi connectivity index (χ0v) is 9.43. The van der Waals surface area contributed by atoms with Gasteiger partial charge in [-0.3, -0.25) is 0 Å². The topological polar surface area (TPSA) is 35.5 Å². The van der Waals surface area contributed by atoms with Gasteiger partial charge in [0.2, 0.25) is 0 Å². The molecule has 2 N–H and O–H groups in total. The van der Waals surface area contributed by atoms with Crippen LogP contribution in [-0.4, -0.2) is 48.8 Å². The summed E-state index contributed by atoms with van der Waals surface area (Å²) in [6.07, 6.45) is 1.14. The van der Waals surface area contributed by atoms with Crippen LogP contribution in [0.15, 0.2) is 0 Å². The second-order valence-electron chi connectivity index (χ2n) is 4.26. The molecule has 0 fully saturated rings. The summed E-state index contributed by atoms with van der Waals surface area (Å²) in [6, 6.07) is 0. The number of likely N-dealkylation sites (N-methyl/N-ethyl adjacent to an activating group) is 1. The van der Waals surface area contributed by atoms with Gasteiger partial charge in [0.1, 0.15) is 0 Å². The van der Waals surface area contributed by atoms with E-state index in [4.69, 9.17) is 0 Å². The van der Waals surface area contributed by atoms with E-state index in [1.807, 2.05) is 20.9 Å². The number of rotatable bonds is 7. The lowest BCUT2D eigenvalue weighted by Gasteiger charge is -2.25. The van der Waals surface area contributed by atoms with Crippen molar-refractivity contribution in [1.82, 2.24) is 10.2 Å². The van der Waals surface area contributed by atoms with Crippen LogP contribution in [0.1, 0.15) is 27.2 Å². The molecule has 0 saturated carbocycles. The smallest absolute Gasteiger partial charge is 0.0718 e. The van der Waals surface area contributed by atoms with Crippen LogP contribution in [0, 0.1) is 0 Å². The van der Waals surface area contributed by atoms with Gasteiger partial charge in [0.05, 0.1) is 5.60 Å². The Morgan fingerprint density at radius 2 is 2.00 bits per heavy atom. The van der Waals surface area contributed by atoms with Crippen molar-refractivity contribution in [3.63, 3.8) is 0 Å². The molecule has 3 nitrogen and oxygen atoms in total. The van der Waals surface area contributed by atoms with Gasteiger partial charge in [-0.15, -0.1) is 0 Å². The van der Waals surface area contributed by atoms with Crippen LogP contribution in [0.25, 0.3) is 0 Å². The minimum Gasteiger partial charge on any atom is -0.389 e. The Balaban J connectivity index is 3.35. The van der Waals surface area contributed by atoms with E-state index in [1.54, 1.807) is 0 Å². The van der Waals surface area contributed by atoms with Crippen molar-refractivity contribution < 1.29 is 5.11 Å². The van der Waals surface area contributed by atoms with Crippen molar-refractivity contribution in [2.45, 2.75) is 32.8 Å². The first-order valence-corrected chi connectivity index (χ1v) is 5.07. The maximum Gasteiger partial charge on any atom is 0.0718 e. The highest BCUT2D eigenvalue weighted by Gasteiger charge is 2.14. The number of aliphatic hydroxyl groups is 1. The molecule has 0 aromatic carbocycles. The largest absolute Gasteiger partial charge is 0.389 e. The van der Waals surface area contributed by atoms with E-state index in [9.17, 15) is 5.11 Å². The van der Waals surface area contributed by atoms with Crippen molar-refractivity contribution in [2.75, 3.05) is 33.2 Å². The number of nitrogens with zero attached hydrogens (tertiary/aromatic N) is 1. The summed E-state index contributed by atoms with van der Waals surface area (Å²) in [5, 5.41) is 12.8. The summed E-state index contributed by atoms with van der Waals surface area (Å²) in [6.45, 7) is 9.67. The molecule has 80 valence electrons. The average molecular weight is 188 g/mol. The van der Waals surface area contributed by atoms with Gasteiger partial charge < -0.3 is 15.3 Å². The van der Waals surface area contributed by atoms with Gasteiger partial charge in [-0.05, 0) is 47.0 Å². The lowest BCUT2D eigenvalue weighted by Crippen LogP contribution is -2.37. The minimum atomic E-state index is -0.576. The fourth-order valence-corrected chi connectivity index (χ4v) is 1.39. The van der Waals surface area contributed by atoms with Crippen molar-refractivity contribution in [2.24, 2.45) is 0 Å². The summed E-state index contributed by atoms with van der Waals surface area (Å²) in [7, 11) is 2.05.